The molecule has 2 N–H and O–H groups in total. The zero-order valence-electron chi connectivity index (χ0n) is 12.1. The first-order valence-electron chi connectivity index (χ1n) is 6.95. The highest BCUT2D eigenvalue weighted by atomic mass is 16.5. The lowest BCUT2D eigenvalue weighted by molar-refractivity contribution is -0.115. The van der Waals surface area contributed by atoms with E-state index >= 15 is 0 Å². The topological polar surface area (TPSA) is 50.4 Å². The van der Waals surface area contributed by atoms with E-state index in [1.807, 2.05) is 37.4 Å². The fourth-order valence-corrected chi connectivity index (χ4v) is 2.78. The third-order valence-electron chi connectivity index (χ3n) is 3.80. The summed E-state index contributed by atoms with van der Waals surface area (Å²) in [6.45, 7) is 0. The minimum absolute atomic E-state index is 0.0598. The molecule has 21 heavy (non-hydrogen) atoms. The standard InChI is InChI=1S/C17H18N2O2/c1-18-17(11-4-3-5-14(9-11)21-2)12-6-7-15-13(8-12)10-16(20)19-15/h3-9,17-18H,10H2,1-2H3,(H,19,20). The summed E-state index contributed by atoms with van der Waals surface area (Å²) in [5.41, 5.74) is 4.25. The Hall–Kier alpha value is -2.33. The summed E-state index contributed by atoms with van der Waals surface area (Å²) in [7, 11) is 3.60. The second-order valence-corrected chi connectivity index (χ2v) is 5.14. The average Bonchev–Trinajstić information content (AvgIpc) is 2.87. The van der Waals surface area contributed by atoms with Gasteiger partial charge in [-0.15, -0.1) is 0 Å². The molecule has 0 aliphatic carbocycles. The van der Waals surface area contributed by atoms with Crippen LogP contribution in [0, 0.1) is 0 Å². The molecular weight excluding hydrogens is 264 g/mol. The molecule has 0 fully saturated rings. The molecule has 2 aromatic rings. The molecule has 1 unspecified atom stereocenters. The van der Waals surface area contributed by atoms with Gasteiger partial charge in [0.05, 0.1) is 19.6 Å². The van der Waals surface area contributed by atoms with E-state index in [-0.39, 0.29) is 11.9 Å². The zero-order chi connectivity index (χ0) is 14.8. The molecule has 1 aliphatic heterocycles. The molecule has 1 heterocycles. The number of hydrogen-bond donors (Lipinski definition) is 2. The SMILES string of the molecule is CNC(c1cccc(OC)c1)c1ccc2c(c1)CC(=O)N2. The van der Waals surface area contributed by atoms with Crippen LogP contribution >= 0.6 is 0 Å². The fourth-order valence-electron chi connectivity index (χ4n) is 2.78. The van der Waals surface area contributed by atoms with E-state index in [2.05, 4.69) is 22.8 Å². The minimum atomic E-state index is 0.0598. The number of nitrogens with one attached hydrogen (secondary N) is 2. The number of ether oxygens (including phenoxy) is 1. The Morgan fingerprint density at radius 2 is 2.00 bits per heavy atom. The van der Waals surface area contributed by atoms with Crippen molar-refractivity contribution < 1.29 is 9.53 Å². The molecule has 4 nitrogen and oxygen atoms in total. The van der Waals surface area contributed by atoms with Crippen LogP contribution in [0.2, 0.25) is 0 Å². The maximum absolute atomic E-state index is 11.5. The molecule has 0 saturated heterocycles. The van der Waals surface area contributed by atoms with Crippen molar-refractivity contribution in [2.75, 3.05) is 19.5 Å². The van der Waals surface area contributed by atoms with Crippen molar-refractivity contribution in [3.05, 3.63) is 59.2 Å². The van der Waals surface area contributed by atoms with Gasteiger partial charge < -0.3 is 15.4 Å². The number of methoxy groups -OCH3 is 1. The van der Waals surface area contributed by atoms with E-state index in [0.29, 0.717) is 6.42 Å². The summed E-state index contributed by atoms with van der Waals surface area (Å²) in [6.07, 6.45) is 0.456. The number of anilines is 1. The van der Waals surface area contributed by atoms with Crippen LogP contribution in [0.4, 0.5) is 5.69 Å². The molecule has 2 aromatic carbocycles. The lowest BCUT2D eigenvalue weighted by Crippen LogP contribution is -2.17. The number of rotatable bonds is 4. The Bertz CT molecular complexity index is 682. The van der Waals surface area contributed by atoms with Crippen LogP contribution in [-0.4, -0.2) is 20.1 Å². The average molecular weight is 282 g/mol. The molecule has 1 amide bonds. The van der Waals surface area contributed by atoms with Crippen molar-refractivity contribution in [3.8, 4) is 5.75 Å². The van der Waals surface area contributed by atoms with E-state index in [4.69, 9.17) is 4.74 Å². The molecule has 0 spiro atoms. The first kappa shape index (κ1) is 13.6. The van der Waals surface area contributed by atoms with Gasteiger partial charge in [0, 0.05) is 5.69 Å². The Balaban J connectivity index is 1.96. The van der Waals surface area contributed by atoms with Crippen molar-refractivity contribution in [1.82, 2.24) is 5.32 Å². The monoisotopic (exact) mass is 282 g/mol. The van der Waals surface area contributed by atoms with Crippen molar-refractivity contribution in [2.45, 2.75) is 12.5 Å². The quantitative estimate of drug-likeness (QED) is 0.906. The summed E-state index contributed by atoms with van der Waals surface area (Å²) < 4.78 is 5.29. The van der Waals surface area contributed by atoms with Gasteiger partial charge >= 0.3 is 0 Å². The number of fused-ring (bicyclic) bond motifs is 1. The molecule has 1 atom stereocenters. The van der Waals surface area contributed by atoms with E-state index in [9.17, 15) is 4.79 Å². The van der Waals surface area contributed by atoms with Crippen LogP contribution < -0.4 is 15.4 Å². The van der Waals surface area contributed by atoms with E-state index in [1.165, 1.54) is 0 Å². The largest absolute Gasteiger partial charge is 0.497 e. The number of amides is 1. The van der Waals surface area contributed by atoms with Gasteiger partial charge in [-0.1, -0.05) is 24.3 Å². The van der Waals surface area contributed by atoms with Crippen molar-refractivity contribution in [1.29, 1.82) is 0 Å². The Labute approximate surface area is 124 Å². The lowest BCUT2D eigenvalue weighted by atomic mass is 9.96. The van der Waals surface area contributed by atoms with Gasteiger partial charge in [-0.05, 0) is 41.9 Å². The smallest absolute Gasteiger partial charge is 0.228 e. The molecular formula is C17H18N2O2. The van der Waals surface area contributed by atoms with Gasteiger partial charge in [0.25, 0.3) is 0 Å². The molecule has 0 radical (unpaired) electrons. The summed E-state index contributed by atoms with van der Waals surface area (Å²) in [5.74, 6) is 0.898. The Kier molecular flexibility index (Phi) is 3.62. The molecule has 1 aliphatic rings. The molecule has 3 rings (SSSR count). The van der Waals surface area contributed by atoms with Crippen LogP contribution in [0.3, 0.4) is 0 Å². The van der Waals surface area contributed by atoms with E-state index < -0.39 is 0 Å². The van der Waals surface area contributed by atoms with Gasteiger partial charge in [-0.3, -0.25) is 4.79 Å². The van der Waals surface area contributed by atoms with Crippen molar-refractivity contribution in [3.63, 3.8) is 0 Å². The second kappa shape index (κ2) is 5.58. The first-order chi connectivity index (χ1) is 10.2. The van der Waals surface area contributed by atoms with Gasteiger partial charge in [-0.25, -0.2) is 0 Å². The third-order valence-corrected chi connectivity index (χ3v) is 3.80. The number of carbonyl (C=O) groups excluding carboxylic acids is 1. The van der Waals surface area contributed by atoms with Crippen LogP contribution in [0.25, 0.3) is 0 Å². The molecule has 0 saturated carbocycles. The number of hydrogen-bond acceptors (Lipinski definition) is 3. The predicted molar refractivity (Wildman–Crippen MR) is 82.7 cm³/mol. The summed E-state index contributed by atoms with van der Waals surface area (Å²) in [5, 5.41) is 6.19. The maximum Gasteiger partial charge on any atom is 0.228 e. The fraction of sp³-hybridized carbons (Fsp3) is 0.235. The van der Waals surface area contributed by atoms with Crippen LogP contribution in [0.5, 0.6) is 5.75 Å². The summed E-state index contributed by atoms with van der Waals surface area (Å²) in [6, 6.07) is 14.2. The molecule has 0 bridgehead atoms. The summed E-state index contributed by atoms with van der Waals surface area (Å²) >= 11 is 0. The number of carbonyl (C=O) groups is 1. The van der Waals surface area contributed by atoms with Gasteiger partial charge in [0.1, 0.15) is 5.75 Å². The highest BCUT2D eigenvalue weighted by molar-refractivity contribution is 5.99. The normalized spacial score (nSPS) is 14.5. The number of benzene rings is 2. The van der Waals surface area contributed by atoms with Crippen LogP contribution in [0.1, 0.15) is 22.7 Å². The highest BCUT2D eigenvalue weighted by Gasteiger charge is 2.20. The summed E-state index contributed by atoms with van der Waals surface area (Å²) in [4.78, 5) is 11.5. The first-order valence-corrected chi connectivity index (χ1v) is 6.95. The van der Waals surface area contributed by atoms with Crippen molar-refractivity contribution in [2.24, 2.45) is 0 Å². The molecule has 0 aromatic heterocycles. The molecule has 4 heteroatoms. The highest BCUT2D eigenvalue weighted by Crippen LogP contribution is 2.30. The van der Waals surface area contributed by atoms with E-state index in [1.54, 1.807) is 7.11 Å². The Morgan fingerprint density at radius 1 is 1.19 bits per heavy atom. The maximum atomic E-state index is 11.5. The van der Waals surface area contributed by atoms with Crippen LogP contribution in [0.15, 0.2) is 42.5 Å². The van der Waals surface area contributed by atoms with Gasteiger partial charge in [0.15, 0.2) is 0 Å². The van der Waals surface area contributed by atoms with E-state index in [0.717, 1.165) is 28.1 Å². The zero-order valence-corrected chi connectivity index (χ0v) is 12.1. The van der Waals surface area contributed by atoms with Gasteiger partial charge in [0.2, 0.25) is 5.91 Å². The molecule has 108 valence electrons. The van der Waals surface area contributed by atoms with Crippen molar-refractivity contribution >= 4 is 11.6 Å². The third kappa shape index (κ3) is 2.62. The minimum Gasteiger partial charge on any atom is -0.497 e. The second-order valence-electron chi connectivity index (χ2n) is 5.14. The lowest BCUT2D eigenvalue weighted by Gasteiger charge is -2.18. The predicted octanol–water partition coefficient (Wildman–Crippen LogP) is 2.50. The van der Waals surface area contributed by atoms with Gasteiger partial charge in [-0.2, -0.15) is 0 Å². The van der Waals surface area contributed by atoms with Crippen LogP contribution in [-0.2, 0) is 11.2 Å². The Morgan fingerprint density at radius 3 is 2.76 bits per heavy atom.